The summed E-state index contributed by atoms with van der Waals surface area (Å²) in [6.45, 7) is 0. The van der Waals surface area contributed by atoms with Crippen LogP contribution in [-0.4, -0.2) is 18.0 Å². The molecule has 1 aliphatic carbocycles. The van der Waals surface area contributed by atoms with Crippen LogP contribution in [0.4, 0.5) is 0 Å². The van der Waals surface area contributed by atoms with E-state index in [4.69, 9.17) is 14.7 Å². The summed E-state index contributed by atoms with van der Waals surface area (Å²) in [6, 6.07) is 14.7. The fourth-order valence-electron chi connectivity index (χ4n) is 3.00. The van der Waals surface area contributed by atoms with Crippen LogP contribution in [0, 0.1) is 11.3 Å². The predicted octanol–water partition coefficient (Wildman–Crippen LogP) is 4.27. The van der Waals surface area contributed by atoms with E-state index in [2.05, 4.69) is 0 Å². The number of hydrogen-bond donors (Lipinski definition) is 0. The summed E-state index contributed by atoms with van der Waals surface area (Å²) in [7, 11) is 0. The SMILES string of the molecule is N#Cc1ccc(OC(=O)c2ccccc2C(=O)OC2CCCCC2)cc1. The van der Waals surface area contributed by atoms with E-state index in [0.29, 0.717) is 11.3 Å². The second kappa shape index (κ2) is 8.30. The van der Waals surface area contributed by atoms with Gasteiger partial charge < -0.3 is 9.47 Å². The Morgan fingerprint density at radius 3 is 2.12 bits per heavy atom. The average molecular weight is 349 g/mol. The highest BCUT2D eigenvalue weighted by Gasteiger charge is 2.23. The first-order chi connectivity index (χ1) is 12.7. The molecule has 132 valence electrons. The standard InChI is InChI=1S/C21H19NO4/c22-14-15-10-12-17(13-11-15)26-21(24)19-9-5-4-8-18(19)20(23)25-16-6-2-1-3-7-16/h4-5,8-13,16H,1-3,6-7H2. The third-order valence-corrected chi connectivity index (χ3v) is 4.39. The van der Waals surface area contributed by atoms with Gasteiger partial charge in [0.2, 0.25) is 0 Å². The first kappa shape index (κ1) is 17.7. The van der Waals surface area contributed by atoms with Crippen LogP contribution in [0.3, 0.4) is 0 Å². The maximum atomic E-state index is 12.5. The lowest BCUT2D eigenvalue weighted by Crippen LogP contribution is -2.23. The molecule has 0 aromatic heterocycles. The van der Waals surface area contributed by atoms with Crippen molar-refractivity contribution in [3.05, 3.63) is 65.2 Å². The van der Waals surface area contributed by atoms with E-state index in [1.807, 2.05) is 6.07 Å². The Kier molecular flexibility index (Phi) is 5.65. The van der Waals surface area contributed by atoms with Gasteiger partial charge >= 0.3 is 11.9 Å². The summed E-state index contributed by atoms with van der Waals surface area (Å²) in [6.07, 6.45) is 4.92. The minimum absolute atomic E-state index is 0.0844. The number of rotatable bonds is 4. The van der Waals surface area contributed by atoms with Crippen molar-refractivity contribution in [2.24, 2.45) is 0 Å². The highest BCUT2D eigenvalue weighted by atomic mass is 16.5. The van der Waals surface area contributed by atoms with Gasteiger partial charge in [0.1, 0.15) is 11.9 Å². The number of carbonyl (C=O) groups is 2. The highest BCUT2D eigenvalue weighted by Crippen LogP contribution is 2.23. The molecule has 1 fully saturated rings. The van der Waals surface area contributed by atoms with Gasteiger partial charge in [-0.1, -0.05) is 18.6 Å². The molecule has 0 unspecified atom stereocenters. The van der Waals surface area contributed by atoms with E-state index in [1.54, 1.807) is 48.5 Å². The Balaban J connectivity index is 1.73. The topological polar surface area (TPSA) is 76.4 Å². The van der Waals surface area contributed by atoms with Crippen molar-refractivity contribution in [1.29, 1.82) is 5.26 Å². The highest BCUT2D eigenvalue weighted by molar-refractivity contribution is 6.03. The van der Waals surface area contributed by atoms with Gasteiger partial charge in [-0.2, -0.15) is 5.26 Å². The Labute approximate surface area is 152 Å². The number of benzene rings is 2. The Morgan fingerprint density at radius 2 is 1.50 bits per heavy atom. The van der Waals surface area contributed by atoms with Crippen molar-refractivity contribution in [3.63, 3.8) is 0 Å². The molecular formula is C21H19NO4. The summed E-state index contributed by atoms with van der Waals surface area (Å²) in [5, 5.41) is 8.81. The van der Waals surface area contributed by atoms with Crippen molar-refractivity contribution in [1.82, 2.24) is 0 Å². The fraction of sp³-hybridized carbons (Fsp3) is 0.286. The van der Waals surface area contributed by atoms with E-state index in [9.17, 15) is 9.59 Å². The normalized spacial score (nSPS) is 14.3. The van der Waals surface area contributed by atoms with E-state index in [1.165, 1.54) is 6.42 Å². The van der Waals surface area contributed by atoms with Crippen molar-refractivity contribution < 1.29 is 19.1 Å². The van der Waals surface area contributed by atoms with Gasteiger partial charge in [0.25, 0.3) is 0 Å². The largest absolute Gasteiger partial charge is 0.459 e. The molecule has 5 nitrogen and oxygen atoms in total. The fourth-order valence-corrected chi connectivity index (χ4v) is 3.00. The molecule has 2 aromatic carbocycles. The molecule has 0 radical (unpaired) electrons. The molecule has 0 spiro atoms. The number of nitriles is 1. The van der Waals surface area contributed by atoms with Crippen LogP contribution in [0.2, 0.25) is 0 Å². The van der Waals surface area contributed by atoms with Crippen molar-refractivity contribution in [2.45, 2.75) is 38.2 Å². The molecule has 2 aromatic rings. The monoisotopic (exact) mass is 349 g/mol. The lowest BCUT2D eigenvalue weighted by Gasteiger charge is -2.22. The second-order valence-corrected chi connectivity index (χ2v) is 6.24. The van der Waals surface area contributed by atoms with Crippen LogP contribution in [0.25, 0.3) is 0 Å². The molecule has 0 amide bonds. The molecule has 5 heteroatoms. The quantitative estimate of drug-likeness (QED) is 0.609. The Hall–Kier alpha value is -3.13. The minimum atomic E-state index is -0.633. The van der Waals surface area contributed by atoms with Gasteiger partial charge in [-0.05, 0) is 62.1 Å². The third-order valence-electron chi connectivity index (χ3n) is 4.39. The maximum absolute atomic E-state index is 12.5. The zero-order chi connectivity index (χ0) is 18.4. The molecule has 0 N–H and O–H groups in total. The first-order valence-electron chi connectivity index (χ1n) is 8.70. The van der Waals surface area contributed by atoms with Gasteiger partial charge in [0, 0.05) is 0 Å². The zero-order valence-electron chi connectivity index (χ0n) is 14.3. The summed E-state index contributed by atoms with van der Waals surface area (Å²) in [4.78, 5) is 25.0. The van der Waals surface area contributed by atoms with Gasteiger partial charge in [0.05, 0.1) is 22.8 Å². The molecule has 0 aliphatic heterocycles. The smallest absolute Gasteiger partial charge is 0.344 e. The number of esters is 2. The van der Waals surface area contributed by atoms with Gasteiger partial charge in [-0.25, -0.2) is 9.59 Å². The summed E-state index contributed by atoms with van der Waals surface area (Å²) < 4.78 is 10.9. The number of hydrogen-bond acceptors (Lipinski definition) is 5. The first-order valence-corrected chi connectivity index (χ1v) is 8.70. The van der Waals surface area contributed by atoms with Crippen LogP contribution >= 0.6 is 0 Å². The van der Waals surface area contributed by atoms with E-state index < -0.39 is 11.9 Å². The number of carbonyl (C=O) groups excluding carboxylic acids is 2. The van der Waals surface area contributed by atoms with Crippen LogP contribution in [0.15, 0.2) is 48.5 Å². The van der Waals surface area contributed by atoms with Crippen molar-refractivity contribution in [3.8, 4) is 11.8 Å². The van der Waals surface area contributed by atoms with Crippen LogP contribution in [0.5, 0.6) is 5.75 Å². The lowest BCUT2D eigenvalue weighted by molar-refractivity contribution is 0.0207. The third kappa shape index (κ3) is 4.28. The van der Waals surface area contributed by atoms with Gasteiger partial charge in [-0.15, -0.1) is 0 Å². The molecule has 0 atom stereocenters. The number of nitrogens with zero attached hydrogens (tertiary/aromatic N) is 1. The molecule has 0 heterocycles. The number of ether oxygens (including phenoxy) is 2. The summed E-state index contributed by atoms with van der Waals surface area (Å²) >= 11 is 0. The summed E-state index contributed by atoms with van der Waals surface area (Å²) in [5.41, 5.74) is 0.843. The van der Waals surface area contributed by atoms with Gasteiger partial charge in [0.15, 0.2) is 0 Å². The van der Waals surface area contributed by atoms with E-state index >= 15 is 0 Å². The van der Waals surface area contributed by atoms with Crippen molar-refractivity contribution in [2.75, 3.05) is 0 Å². The molecule has 1 aliphatic rings. The van der Waals surface area contributed by atoms with Crippen LogP contribution < -0.4 is 4.74 Å². The summed E-state index contributed by atoms with van der Waals surface area (Å²) in [5.74, 6) is -0.820. The molecule has 0 saturated heterocycles. The van der Waals surface area contributed by atoms with E-state index in [0.717, 1.165) is 25.7 Å². The van der Waals surface area contributed by atoms with Crippen LogP contribution in [-0.2, 0) is 4.74 Å². The second-order valence-electron chi connectivity index (χ2n) is 6.24. The molecule has 1 saturated carbocycles. The molecular weight excluding hydrogens is 330 g/mol. The Bertz CT molecular complexity index is 830. The maximum Gasteiger partial charge on any atom is 0.344 e. The zero-order valence-corrected chi connectivity index (χ0v) is 14.3. The minimum Gasteiger partial charge on any atom is -0.459 e. The molecule has 26 heavy (non-hydrogen) atoms. The molecule has 3 rings (SSSR count). The average Bonchev–Trinajstić information content (AvgIpc) is 2.69. The predicted molar refractivity (Wildman–Crippen MR) is 94.8 cm³/mol. The van der Waals surface area contributed by atoms with Crippen LogP contribution in [0.1, 0.15) is 58.4 Å². The Morgan fingerprint density at radius 1 is 0.885 bits per heavy atom. The van der Waals surface area contributed by atoms with E-state index in [-0.39, 0.29) is 17.2 Å². The molecule has 0 bridgehead atoms. The lowest BCUT2D eigenvalue weighted by atomic mass is 9.97. The van der Waals surface area contributed by atoms with Gasteiger partial charge in [-0.3, -0.25) is 0 Å². The van der Waals surface area contributed by atoms with Crippen molar-refractivity contribution >= 4 is 11.9 Å².